The van der Waals surface area contributed by atoms with E-state index in [0.717, 1.165) is 18.6 Å². The molecule has 0 aromatic carbocycles. The van der Waals surface area contributed by atoms with Gasteiger partial charge in [0.05, 0.1) is 6.10 Å². The van der Waals surface area contributed by atoms with Gasteiger partial charge >= 0.3 is 0 Å². The molecule has 1 unspecified atom stereocenters. The van der Waals surface area contributed by atoms with Gasteiger partial charge in [-0.2, -0.15) is 23.1 Å². The van der Waals surface area contributed by atoms with Crippen LogP contribution in [0.3, 0.4) is 0 Å². The Bertz CT molecular complexity index is 231. The number of aliphatic hydroxyl groups is 1. The first-order valence-electron chi connectivity index (χ1n) is 4.99. The highest BCUT2D eigenvalue weighted by Crippen LogP contribution is 2.15. The van der Waals surface area contributed by atoms with Gasteiger partial charge in [0.15, 0.2) is 0 Å². The minimum Gasteiger partial charge on any atom is -0.392 e. The summed E-state index contributed by atoms with van der Waals surface area (Å²) in [5.41, 5.74) is 1.35. The van der Waals surface area contributed by atoms with E-state index in [1.165, 1.54) is 5.56 Å². The zero-order chi connectivity index (χ0) is 10.4. The van der Waals surface area contributed by atoms with E-state index in [1.807, 2.05) is 11.8 Å². The van der Waals surface area contributed by atoms with Crippen molar-refractivity contribution in [2.75, 3.05) is 5.75 Å². The standard InChI is InChI=1S/C11H18OS2/c1-9(2)14-8-11(12)4-3-10-5-6-13-7-10/h5-7,9,11-12H,3-4,8H2,1-2H3. The van der Waals surface area contributed by atoms with E-state index in [4.69, 9.17) is 0 Å². The first-order chi connectivity index (χ1) is 6.68. The number of thioether (sulfide) groups is 1. The van der Waals surface area contributed by atoms with E-state index < -0.39 is 0 Å². The number of thiophene rings is 1. The Kier molecular flexibility index (Phi) is 5.60. The van der Waals surface area contributed by atoms with Crippen molar-refractivity contribution in [1.82, 2.24) is 0 Å². The molecule has 0 saturated carbocycles. The lowest BCUT2D eigenvalue weighted by Crippen LogP contribution is -2.12. The number of aliphatic hydroxyl groups excluding tert-OH is 1. The third kappa shape index (κ3) is 5.03. The van der Waals surface area contributed by atoms with Crippen LogP contribution < -0.4 is 0 Å². The van der Waals surface area contributed by atoms with Gasteiger partial charge in [0.1, 0.15) is 0 Å². The molecular weight excluding hydrogens is 212 g/mol. The van der Waals surface area contributed by atoms with Crippen molar-refractivity contribution in [1.29, 1.82) is 0 Å². The summed E-state index contributed by atoms with van der Waals surface area (Å²) in [5.74, 6) is 0.863. The second-order valence-corrected chi connectivity index (χ2v) is 6.10. The molecule has 0 bridgehead atoms. The predicted molar refractivity (Wildman–Crippen MR) is 66.2 cm³/mol. The van der Waals surface area contributed by atoms with Gasteiger partial charge in [0, 0.05) is 5.75 Å². The van der Waals surface area contributed by atoms with Crippen LogP contribution in [-0.2, 0) is 6.42 Å². The molecule has 1 nitrogen and oxygen atoms in total. The summed E-state index contributed by atoms with van der Waals surface area (Å²) in [5, 5.41) is 14.5. The lowest BCUT2D eigenvalue weighted by atomic mass is 10.1. The maximum Gasteiger partial charge on any atom is 0.0633 e. The van der Waals surface area contributed by atoms with Crippen molar-refractivity contribution in [3.8, 4) is 0 Å². The third-order valence-corrected chi connectivity index (χ3v) is 3.94. The molecule has 0 saturated heterocycles. The topological polar surface area (TPSA) is 20.2 Å². The fourth-order valence-electron chi connectivity index (χ4n) is 1.16. The van der Waals surface area contributed by atoms with Crippen molar-refractivity contribution >= 4 is 23.1 Å². The summed E-state index contributed by atoms with van der Waals surface area (Å²) in [6, 6.07) is 2.13. The van der Waals surface area contributed by atoms with Gasteiger partial charge < -0.3 is 5.11 Å². The maximum atomic E-state index is 9.68. The van der Waals surface area contributed by atoms with Crippen LogP contribution in [0, 0.1) is 0 Å². The van der Waals surface area contributed by atoms with E-state index >= 15 is 0 Å². The predicted octanol–water partition coefficient (Wildman–Crippen LogP) is 3.18. The summed E-state index contributed by atoms with van der Waals surface area (Å²) < 4.78 is 0. The second kappa shape index (κ2) is 6.49. The molecule has 1 atom stereocenters. The van der Waals surface area contributed by atoms with Crippen molar-refractivity contribution in [2.24, 2.45) is 0 Å². The normalized spacial score (nSPS) is 13.4. The van der Waals surface area contributed by atoms with Crippen LogP contribution in [0.1, 0.15) is 25.8 Å². The summed E-state index contributed by atoms with van der Waals surface area (Å²) in [7, 11) is 0. The van der Waals surface area contributed by atoms with Gasteiger partial charge in [0.25, 0.3) is 0 Å². The lowest BCUT2D eigenvalue weighted by molar-refractivity contribution is 0.189. The number of rotatable bonds is 6. The van der Waals surface area contributed by atoms with Gasteiger partial charge in [-0.15, -0.1) is 0 Å². The quantitative estimate of drug-likeness (QED) is 0.810. The molecule has 0 fully saturated rings. The van der Waals surface area contributed by atoms with E-state index in [0.29, 0.717) is 5.25 Å². The Balaban J connectivity index is 2.12. The van der Waals surface area contributed by atoms with Crippen LogP contribution in [0.5, 0.6) is 0 Å². The van der Waals surface area contributed by atoms with Crippen LogP contribution in [0.4, 0.5) is 0 Å². The fourth-order valence-corrected chi connectivity index (χ4v) is 2.63. The molecular formula is C11H18OS2. The Labute approximate surface area is 94.5 Å². The summed E-state index contributed by atoms with van der Waals surface area (Å²) in [6.07, 6.45) is 1.74. The molecule has 3 heteroatoms. The van der Waals surface area contributed by atoms with E-state index in [-0.39, 0.29) is 6.10 Å². The first kappa shape index (κ1) is 12.1. The molecule has 14 heavy (non-hydrogen) atoms. The highest BCUT2D eigenvalue weighted by molar-refractivity contribution is 7.99. The van der Waals surface area contributed by atoms with Gasteiger partial charge in [0.2, 0.25) is 0 Å². The number of hydrogen-bond donors (Lipinski definition) is 1. The van der Waals surface area contributed by atoms with E-state index in [2.05, 4.69) is 30.7 Å². The van der Waals surface area contributed by atoms with Crippen molar-refractivity contribution in [3.63, 3.8) is 0 Å². The summed E-state index contributed by atoms with van der Waals surface area (Å²) >= 11 is 3.55. The Hall–Kier alpha value is 0.01000. The molecule has 0 aliphatic heterocycles. The molecule has 80 valence electrons. The molecule has 0 spiro atoms. The van der Waals surface area contributed by atoms with Crippen LogP contribution in [0.25, 0.3) is 0 Å². The van der Waals surface area contributed by atoms with Crippen LogP contribution in [0.15, 0.2) is 16.8 Å². The average Bonchev–Trinajstić information content (AvgIpc) is 2.63. The molecule has 0 amide bonds. The smallest absolute Gasteiger partial charge is 0.0633 e. The molecule has 1 heterocycles. The molecule has 1 rings (SSSR count). The molecule has 1 N–H and O–H groups in total. The van der Waals surface area contributed by atoms with Gasteiger partial charge in [-0.3, -0.25) is 0 Å². The minimum atomic E-state index is -0.151. The SMILES string of the molecule is CC(C)SCC(O)CCc1ccsc1. The van der Waals surface area contributed by atoms with E-state index in [1.54, 1.807) is 11.3 Å². The van der Waals surface area contributed by atoms with Crippen LogP contribution in [0.2, 0.25) is 0 Å². The third-order valence-electron chi connectivity index (χ3n) is 1.97. The zero-order valence-corrected chi connectivity index (χ0v) is 10.4. The van der Waals surface area contributed by atoms with Crippen LogP contribution >= 0.6 is 23.1 Å². The molecule has 1 aromatic rings. The van der Waals surface area contributed by atoms with Gasteiger partial charge in [-0.1, -0.05) is 13.8 Å². The number of hydrogen-bond acceptors (Lipinski definition) is 3. The zero-order valence-electron chi connectivity index (χ0n) is 8.77. The lowest BCUT2D eigenvalue weighted by Gasteiger charge is -2.11. The van der Waals surface area contributed by atoms with Crippen LogP contribution in [-0.4, -0.2) is 22.2 Å². The second-order valence-electron chi connectivity index (χ2n) is 3.71. The average molecular weight is 230 g/mol. The Morgan fingerprint density at radius 2 is 2.29 bits per heavy atom. The molecule has 1 aromatic heterocycles. The first-order valence-corrected chi connectivity index (χ1v) is 6.98. The molecule has 0 aliphatic carbocycles. The van der Waals surface area contributed by atoms with Crippen molar-refractivity contribution in [3.05, 3.63) is 22.4 Å². The highest BCUT2D eigenvalue weighted by atomic mass is 32.2. The van der Waals surface area contributed by atoms with Gasteiger partial charge in [-0.05, 0) is 40.5 Å². The molecule has 0 radical (unpaired) electrons. The van der Waals surface area contributed by atoms with Crippen molar-refractivity contribution in [2.45, 2.75) is 38.0 Å². The fraction of sp³-hybridized carbons (Fsp3) is 0.636. The summed E-state index contributed by atoms with van der Waals surface area (Å²) in [6.45, 7) is 4.33. The Morgan fingerprint density at radius 3 is 2.86 bits per heavy atom. The minimum absolute atomic E-state index is 0.151. The number of aryl methyl sites for hydroxylation is 1. The largest absolute Gasteiger partial charge is 0.392 e. The monoisotopic (exact) mass is 230 g/mol. The van der Waals surface area contributed by atoms with Crippen molar-refractivity contribution < 1.29 is 5.11 Å². The Morgan fingerprint density at radius 1 is 1.50 bits per heavy atom. The molecule has 0 aliphatic rings. The van der Waals surface area contributed by atoms with E-state index in [9.17, 15) is 5.11 Å². The van der Waals surface area contributed by atoms with Gasteiger partial charge in [-0.25, -0.2) is 0 Å². The summed E-state index contributed by atoms with van der Waals surface area (Å²) in [4.78, 5) is 0. The maximum absolute atomic E-state index is 9.68. The highest BCUT2D eigenvalue weighted by Gasteiger charge is 2.06.